The van der Waals surface area contributed by atoms with Crippen LogP contribution in [0.3, 0.4) is 0 Å². The maximum atomic E-state index is 12.4. The Labute approximate surface area is 157 Å². The summed E-state index contributed by atoms with van der Waals surface area (Å²) in [5.74, 6) is -0.199. The first-order valence-electron chi connectivity index (χ1n) is 8.91. The second-order valence-corrected chi connectivity index (χ2v) is 13.6. The van der Waals surface area contributed by atoms with Gasteiger partial charge in [-0.05, 0) is 38.8 Å². The highest BCUT2D eigenvalue weighted by Gasteiger charge is 2.37. The number of ether oxygens (including phenoxy) is 2. The Morgan fingerprint density at radius 3 is 2.23 bits per heavy atom. The lowest BCUT2D eigenvalue weighted by atomic mass is 9.85. The number of aromatic nitrogens is 1. The van der Waals surface area contributed by atoms with E-state index in [0.717, 1.165) is 5.32 Å². The average Bonchev–Trinajstić information content (AvgIpc) is 2.50. The largest absolute Gasteiger partial charge is 0.481 e. The van der Waals surface area contributed by atoms with Crippen LogP contribution in [0.5, 0.6) is 5.88 Å². The minimum Gasteiger partial charge on any atom is -0.481 e. The lowest BCUT2D eigenvalue weighted by molar-refractivity contribution is -0.161. The number of pyridine rings is 1. The molecule has 0 bridgehead atoms. The highest BCUT2D eigenvalue weighted by molar-refractivity contribution is 6.88. The fraction of sp³-hybridized carbons (Fsp3) is 0.684. The molecule has 0 saturated carbocycles. The van der Waals surface area contributed by atoms with E-state index in [1.807, 2.05) is 6.07 Å². The number of hydrogen-bond acceptors (Lipinski definition) is 6. The van der Waals surface area contributed by atoms with Crippen LogP contribution in [0.4, 0.5) is 0 Å². The summed E-state index contributed by atoms with van der Waals surface area (Å²) in [4.78, 5) is 16.9. The molecule has 0 amide bonds. The number of hydrogen-bond donors (Lipinski definition) is 2. The second kappa shape index (κ2) is 8.06. The first kappa shape index (κ1) is 22.6. The predicted molar refractivity (Wildman–Crippen MR) is 104 cm³/mol. The van der Waals surface area contributed by atoms with E-state index >= 15 is 0 Å². The van der Waals surface area contributed by atoms with Crippen LogP contribution in [0.2, 0.25) is 19.6 Å². The molecule has 0 saturated heterocycles. The zero-order chi connectivity index (χ0) is 20.3. The molecule has 26 heavy (non-hydrogen) atoms. The minimum atomic E-state index is -1.82. The van der Waals surface area contributed by atoms with Crippen molar-refractivity contribution in [2.45, 2.75) is 78.0 Å². The first-order chi connectivity index (χ1) is 11.8. The van der Waals surface area contributed by atoms with Gasteiger partial charge in [0.05, 0.1) is 20.1 Å². The standard InChI is InChI=1S/C19H33NO5Si/c1-9-19(23,11-16(22)25-18(2,3)4)14-10-15(26(6,7)8)20-17(24-5)13(14)12-21/h10,21,23H,9,11-12H2,1-8H3. The van der Waals surface area contributed by atoms with Gasteiger partial charge in [-0.15, -0.1) is 0 Å². The van der Waals surface area contributed by atoms with Crippen molar-refractivity contribution < 1.29 is 24.5 Å². The smallest absolute Gasteiger partial charge is 0.309 e. The summed E-state index contributed by atoms with van der Waals surface area (Å²) in [7, 11) is -0.334. The quantitative estimate of drug-likeness (QED) is 0.555. The molecule has 1 heterocycles. The number of aliphatic hydroxyl groups is 2. The third kappa shape index (κ3) is 5.53. The molecule has 0 aliphatic rings. The van der Waals surface area contributed by atoms with Crippen LogP contribution in [0.25, 0.3) is 0 Å². The summed E-state index contributed by atoms with van der Waals surface area (Å²) in [6.07, 6.45) is 0.0869. The van der Waals surface area contributed by atoms with Gasteiger partial charge in [0.2, 0.25) is 5.88 Å². The van der Waals surface area contributed by atoms with Crippen LogP contribution in [-0.2, 0) is 21.7 Å². The summed E-state index contributed by atoms with van der Waals surface area (Å²) >= 11 is 0. The Morgan fingerprint density at radius 1 is 1.27 bits per heavy atom. The van der Waals surface area contributed by atoms with Crippen LogP contribution < -0.4 is 10.1 Å². The van der Waals surface area contributed by atoms with E-state index in [4.69, 9.17) is 9.47 Å². The van der Waals surface area contributed by atoms with E-state index in [-0.39, 0.29) is 19.4 Å². The van der Waals surface area contributed by atoms with Crippen molar-refractivity contribution in [1.29, 1.82) is 0 Å². The van der Waals surface area contributed by atoms with Gasteiger partial charge in [0.1, 0.15) is 19.3 Å². The summed E-state index contributed by atoms with van der Waals surface area (Å²) in [5, 5.41) is 22.0. The van der Waals surface area contributed by atoms with Crippen LogP contribution in [0.1, 0.15) is 51.7 Å². The monoisotopic (exact) mass is 383 g/mol. The van der Waals surface area contributed by atoms with E-state index in [1.54, 1.807) is 27.7 Å². The molecule has 0 aromatic carbocycles. The summed E-state index contributed by atoms with van der Waals surface area (Å²) < 4.78 is 10.7. The van der Waals surface area contributed by atoms with Gasteiger partial charge in [0, 0.05) is 10.9 Å². The van der Waals surface area contributed by atoms with Crippen molar-refractivity contribution >= 4 is 19.4 Å². The SMILES string of the molecule is CCC(O)(CC(=O)OC(C)(C)C)c1cc([Si](C)(C)C)nc(OC)c1CO. The molecule has 148 valence electrons. The molecule has 1 aromatic heterocycles. The number of carbonyl (C=O) groups is 1. The minimum absolute atomic E-state index is 0.202. The zero-order valence-corrected chi connectivity index (χ0v) is 18.3. The van der Waals surface area contributed by atoms with Crippen molar-refractivity contribution in [3.8, 4) is 5.88 Å². The van der Waals surface area contributed by atoms with Gasteiger partial charge in [0.15, 0.2) is 0 Å². The molecule has 2 N–H and O–H groups in total. The van der Waals surface area contributed by atoms with Crippen LogP contribution in [-0.4, -0.2) is 42.0 Å². The van der Waals surface area contributed by atoms with Crippen molar-refractivity contribution in [3.05, 3.63) is 17.2 Å². The lowest BCUT2D eigenvalue weighted by Gasteiger charge is -2.32. The molecule has 0 fully saturated rings. The number of rotatable bonds is 7. The molecule has 0 radical (unpaired) electrons. The first-order valence-corrected chi connectivity index (χ1v) is 12.4. The summed E-state index contributed by atoms with van der Waals surface area (Å²) in [5.41, 5.74) is -1.21. The second-order valence-electron chi connectivity index (χ2n) is 8.60. The van der Waals surface area contributed by atoms with E-state index < -0.39 is 25.2 Å². The molecule has 0 aliphatic carbocycles. The van der Waals surface area contributed by atoms with Gasteiger partial charge >= 0.3 is 5.97 Å². The van der Waals surface area contributed by atoms with Gasteiger partial charge in [-0.3, -0.25) is 4.79 Å². The number of methoxy groups -OCH3 is 1. The van der Waals surface area contributed by atoms with Crippen LogP contribution in [0.15, 0.2) is 6.07 Å². The van der Waals surface area contributed by atoms with Gasteiger partial charge in [-0.2, -0.15) is 0 Å². The topological polar surface area (TPSA) is 88.9 Å². The Kier molecular flexibility index (Phi) is 7.01. The molecular weight excluding hydrogens is 350 g/mol. The zero-order valence-electron chi connectivity index (χ0n) is 17.3. The van der Waals surface area contributed by atoms with E-state index in [1.165, 1.54) is 7.11 Å². The maximum Gasteiger partial charge on any atom is 0.309 e. The third-order valence-corrected chi connectivity index (χ3v) is 5.94. The molecule has 6 nitrogen and oxygen atoms in total. The Morgan fingerprint density at radius 2 is 1.85 bits per heavy atom. The number of esters is 1. The lowest BCUT2D eigenvalue weighted by Crippen LogP contribution is -2.42. The third-order valence-electron chi connectivity index (χ3n) is 4.15. The van der Waals surface area contributed by atoms with Crippen molar-refractivity contribution in [3.63, 3.8) is 0 Å². The van der Waals surface area contributed by atoms with Crippen molar-refractivity contribution in [1.82, 2.24) is 4.98 Å². The van der Waals surface area contributed by atoms with Crippen LogP contribution in [0, 0.1) is 0 Å². The van der Waals surface area contributed by atoms with Gasteiger partial charge in [0.25, 0.3) is 0 Å². The van der Waals surface area contributed by atoms with Gasteiger partial charge in [-0.25, -0.2) is 4.98 Å². The van der Waals surface area contributed by atoms with Crippen molar-refractivity contribution in [2.75, 3.05) is 7.11 Å². The fourth-order valence-corrected chi connectivity index (χ4v) is 3.71. The average molecular weight is 384 g/mol. The predicted octanol–water partition coefficient (Wildman–Crippen LogP) is 2.46. The van der Waals surface area contributed by atoms with Gasteiger partial charge in [-0.1, -0.05) is 26.6 Å². The number of carbonyl (C=O) groups excluding carboxylic acids is 1. The van der Waals surface area contributed by atoms with Crippen LogP contribution >= 0.6 is 0 Å². The number of aliphatic hydroxyl groups excluding tert-OH is 1. The molecule has 1 aromatic rings. The molecule has 1 rings (SSSR count). The van der Waals surface area contributed by atoms with Crippen molar-refractivity contribution in [2.24, 2.45) is 0 Å². The number of nitrogens with zero attached hydrogens (tertiary/aromatic N) is 1. The molecular formula is C19H33NO5Si. The highest BCUT2D eigenvalue weighted by Crippen LogP contribution is 2.35. The molecule has 1 unspecified atom stereocenters. The maximum absolute atomic E-state index is 12.4. The molecule has 0 aliphatic heterocycles. The Balaban J connectivity index is 3.49. The normalized spacial score (nSPS) is 14.7. The molecule has 1 atom stereocenters. The Hall–Kier alpha value is -1.44. The summed E-state index contributed by atoms with van der Waals surface area (Å²) in [6, 6.07) is 1.81. The molecule has 7 heteroatoms. The summed E-state index contributed by atoms with van der Waals surface area (Å²) in [6.45, 7) is 13.2. The van der Waals surface area contributed by atoms with E-state index in [9.17, 15) is 15.0 Å². The van der Waals surface area contributed by atoms with E-state index in [2.05, 4.69) is 24.6 Å². The Bertz CT molecular complexity index is 649. The fourth-order valence-electron chi connectivity index (χ4n) is 2.70. The van der Waals surface area contributed by atoms with E-state index in [0.29, 0.717) is 17.0 Å². The highest BCUT2D eigenvalue weighted by atomic mass is 28.3. The van der Waals surface area contributed by atoms with Gasteiger partial charge < -0.3 is 19.7 Å². The molecule has 0 spiro atoms.